The van der Waals surface area contributed by atoms with E-state index in [0.717, 1.165) is 25.7 Å². The molecule has 4 aliphatic carbocycles. The molecule has 23 heavy (non-hydrogen) atoms. The molecule has 0 saturated heterocycles. The summed E-state index contributed by atoms with van der Waals surface area (Å²) in [5, 5.41) is 0. The average molecular weight is 306 g/mol. The molecule has 120 valence electrons. The number of fused-ring (bicyclic) bond motifs is 4. The predicted molar refractivity (Wildman–Crippen MR) is 92.8 cm³/mol. The van der Waals surface area contributed by atoms with E-state index >= 15 is 0 Å². The minimum atomic E-state index is -0.0259. The highest BCUT2D eigenvalue weighted by molar-refractivity contribution is 6.05. The smallest absolute Gasteiger partial charge is 0.170 e. The summed E-state index contributed by atoms with van der Waals surface area (Å²) in [6.07, 6.45) is 14.7. The first-order valence-electron chi connectivity index (χ1n) is 9.62. The molecule has 2 atom stereocenters. The normalized spacial score (nSPS) is 33.1. The molecule has 1 aromatic carbocycles. The first-order valence-corrected chi connectivity index (χ1v) is 9.62. The molecule has 2 saturated carbocycles. The van der Waals surface area contributed by atoms with Crippen molar-refractivity contribution in [2.24, 2.45) is 11.3 Å². The lowest BCUT2D eigenvalue weighted by Crippen LogP contribution is -2.40. The first kappa shape index (κ1) is 14.0. The van der Waals surface area contributed by atoms with Gasteiger partial charge in [-0.15, -0.1) is 0 Å². The van der Waals surface area contributed by atoms with Crippen molar-refractivity contribution in [3.05, 3.63) is 46.5 Å². The number of carbonyl (C=O) groups is 1. The summed E-state index contributed by atoms with van der Waals surface area (Å²) in [5.41, 5.74) is 5.46. The summed E-state index contributed by atoms with van der Waals surface area (Å²) >= 11 is 0. The van der Waals surface area contributed by atoms with Crippen molar-refractivity contribution in [1.82, 2.24) is 0 Å². The van der Waals surface area contributed by atoms with Crippen LogP contribution in [0.5, 0.6) is 0 Å². The Morgan fingerprint density at radius 1 is 1.09 bits per heavy atom. The van der Waals surface area contributed by atoms with Gasteiger partial charge in [-0.05, 0) is 67.9 Å². The van der Waals surface area contributed by atoms with Crippen LogP contribution < -0.4 is 0 Å². The number of benzene rings is 1. The Kier molecular flexibility index (Phi) is 3.08. The Morgan fingerprint density at radius 3 is 2.70 bits per heavy atom. The van der Waals surface area contributed by atoms with Crippen molar-refractivity contribution in [2.75, 3.05) is 0 Å². The van der Waals surface area contributed by atoms with Gasteiger partial charge in [0.1, 0.15) is 0 Å². The van der Waals surface area contributed by atoms with Crippen LogP contribution in [0.2, 0.25) is 0 Å². The van der Waals surface area contributed by atoms with Crippen molar-refractivity contribution in [2.45, 2.75) is 70.1 Å². The summed E-state index contributed by atoms with van der Waals surface area (Å²) in [4.78, 5) is 13.7. The maximum Gasteiger partial charge on any atom is 0.170 e. The summed E-state index contributed by atoms with van der Waals surface area (Å²) in [5.74, 6) is 1.76. The number of carbonyl (C=O) groups excluding carboxylic acids is 1. The lowest BCUT2D eigenvalue weighted by Gasteiger charge is -2.40. The highest BCUT2D eigenvalue weighted by atomic mass is 16.1. The number of ketones is 1. The molecule has 1 nitrogen and oxygen atoms in total. The van der Waals surface area contributed by atoms with Crippen LogP contribution in [0, 0.1) is 11.3 Å². The van der Waals surface area contributed by atoms with Crippen LogP contribution in [0.25, 0.3) is 0 Å². The fourth-order valence-electron chi connectivity index (χ4n) is 6.04. The largest absolute Gasteiger partial charge is 0.294 e. The van der Waals surface area contributed by atoms with Crippen LogP contribution in [0.3, 0.4) is 0 Å². The van der Waals surface area contributed by atoms with Crippen LogP contribution in [0.1, 0.15) is 85.2 Å². The van der Waals surface area contributed by atoms with E-state index < -0.39 is 0 Å². The van der Waals surface area contributed by atoms with Crippen molar-refractivity contribution < 1.29 is 4.79 Å². The second kappa shape index (κ2) is 5.06. The minimum absolute atomic E-state index is 0.0259. The van der Waals surface area contributed by atoms with E-state index in [9.17, 15) is 4.79 Å². The first-order chi connectivity index (χ1) is 11.3. The topological polar surface area (TPSA) is 17.1 Å². The number of hydrogen-bond acceptors (Lipinski definition) is 1. The number of rotatable bonds is 1. The Bertz CT molecular complexity index is 692. The summed E-state index contributed by atoms with van der Waals surface area (Å²) in [6.45, 7) is 0. The third-order valence-corrected chi connectivity index (χ3v) is 7.27. The zero-order chi connectivity index (χ0) is 15.4. The van der Waals surface area contributed by atoms with Gasteiger partial charge in [-0.25, -0.2) is 0 Å². The number of Topliss-reactive ketones (excluding diaryl/α,β-unsaturated/α-hetero) is 1. The second-order valence-electron chi connectivity index (χ2n) is 8.38. The van der Waals surface area contributed by atoms with Crippen LogP contribution >= 0.6 is 0 Å². The van der Waals surface area contributed by atoms with Crippen LogP contribution in [-0.2, 0) is 6.42 Å². The maximum atomic E-state index is 13.7. The molecule has 4 aliphatic rings. The standard InChI is InChI=1S/C22H26O/c23-21-20-17(7-4-8-19(20)16-5-2-1-3-6-16)11-12-22(21)14-15-9-10-18(22)13-15/h4,7-9,16,18H,1-3,5-6,10-14H2. The van der Waals surface area contributed by atoms with Gasteiger partial charge in [-0.2, -0.15) is 0 Å². The van der Waals surface area contributed by atoms with Crippen LogP contribution in [0.15, 0.2) is 29.8 Å². The van der Waals surface area contributed by atoms with E-state index in [2.05, 4.69) is 24.3 Å². The van der Waals surface area contributed by atoms with Crippen LogP contribution in [0.4, 0.5) is 0 Å². The SMILES string of the molecule is O=C1c2c(cccc2C2CCCCC2)CCC12CC1=CCC2C1. The molecule has 0 heterocycles. The molecule has 5 rings (SSSR count). The quantitative estimate of drug-likeness (QED) is 0.618. The van der Waals surface area contributed by atoms with E-state index in [-0.39, 0.29) is 5.41 Å². The Labute approximate surface area is 139 Å². The van der Waals surface area contributed by atoms with E-state index in [4.69, 9.17) is 0 Å². The zero-order valence-electron chi connectivity index (χ0n) is 13.9. The van der Waals surface area contributed by atoms with Gasteiger partial charge in [0.25, 0.3) is 0 Å². The molecular weight excluding hydrogens is 280 g/mol. The molecule has 0 N–H and O–H groups in total. The summed E-state index contributed by atoms with van der Waals surface area (Å²) in [7, 11) is 0. The third kappa shape index (κ3) is 1.95. The Hall–Kier alpha value is -1.37. The molecule has 1 spiro atoms. The highest BCUT2D eigenvalue weighted by Crippen LogP contribution is 2.58. The van der Waals surface area contributed by atoms with E-state index in [1.165, 1.54) is 55.2 Å². The third-order valence-electron chi connectivity index (χ3n) is 7.27. The molecule has 0 amide bonds. The maximum absolute atomic E-state index is 13.7. The fourth-order valence-corrected chi connectivity index (χ4v) is 6.04. The Balaban J connectivity index is 1.59. The van der Waals surface area contributed by atoms with Crippen molar-refractivity contribution >= 4 is 5.78 Å². The molecule has 0 radical (unpaired) electrons. The van der Waals surface area contributed by atoms with Gasteiger partial charge in [-0.3, -0.25) is 4.79 Å². The molecule has 2 fully saturated rings. The van der Waals surface area contributed by atoms with E-state index in [1.807, 2.05) is 0 Å². The average Bonchev–Trinajstić information content (AvgIpc) is 3.20. The molecule has 1 heteroatoms. The van der Waals surface area contributed by atoms with Gasteiger partial charge in [0.2, 0.25) is 0 Å². The van der Waals surface area contributed by atoms with Gasteiger partial charge in [0, 0.05) is 11.0 Å². The van der Waals surface area contributed by atoms with Gasteiger partial charge < -0.3 is 0 Å². The molecule has 0 aromatic heterocycles. The lowest BCUT2D eigenvalue weighted by atomic mass is 9.61. The number of hydrogen-bond donors (Lipinski definition) is 0. The van der Waals surface area contributed by atoms with Crippen LogP contribution in [-0.4, -0.2) is 5.78 Å². The van der Waals surface area contributed by atoms with E-state index in [1.54, 1.807) is 5.57 Å². The highest BCUT2D eigenvalue weighted by Gasteiger charge is 2.54. The zero-order valence-corrected chi connectivity index (χ0v) is 13.9. The molecule has 2 unspecified atom stereocenters. The summed E-state index contributed by atoms with van der Waals surface area (Å²) < 4.78 is 0. The summed E-state index contributed by atoms with van der Waals surface area (Å²) in [6, 6.07) is 6.70. The number of aryl methyl sites for hydroxylation is 1. The van der Waals surface area contributed by atoms with Crippen molar-refractivity contribution in [3.63, 3.8) is 0 Å². The second-order valence-corrected chi connectivity index (χ2v) is 8.38. The van der Waals surface area contributed by atoms with Gasteiger partial charge in [0.15, 0.2) is 5.78 Å². The number of allylic oxidation sites excluding steroid dienone is 2. The lowest BCUT2D eigenvalue weighted by molar-refractivity contribution is 0.0668. The van der Waals surface area contributed by atoms with E-state index in [0.29, 0.717) is 17.6 Å². The Morgan fingerprint density at radius 2 is 1.96 bits per heavy atom. The van der Waals surface area contributed by atoms with Gasteiger partial charge >= 0.3 is 0 Å². The predicted octanol–water partition coefficient (Wildman–Crippen LogP) is 5.59. The molecule has 0 aliphatic heterocycles. The fraction of sp³-hybridized carbons (Fsp3) is 0.591. The molecular formula is C22H26O. The van der Waals surface area contributed by atoms with Gasteiger partial charge in [0.05, 0.1) is 0 Å². The van der Waals surface area contributed by atoms with Gasteiger partial charge in [-0.1, -0.05) is 49.1 Å². The molecule has 2 bridgehead atoms. The monoisotopic (exact) mass is 306 g/mol. The minimum Gasteiger partial charge on any atom is -0.294 e. The van der Waals surface area contributed by atoms with Crippen molar-refractivity contribution in [1.29, 1.82) is 0 Å². The van der Waals surface area contributed by atoms with Crippen molar-refractivity contribution in [3.8, 4) is 0 Å². The molecule has 1 aromatic rings.